The standard InChI is InChI=1S/C18H18N2O3S/c1-3-12-6-4-7-13(10-12)23-11-16(21)19-18-20-17-14(22-2)8-5-9-15(17)24-18/h4-10H,3,11H2,1-2H3,(H,19,20,21). The second-order valence-corrected chi connectivity index (χ2v) is 6.19. The van der Waals surface area contributed by atoms with Gasteiger partial charge >= 0.3 is 0 Å². The van der Waals surface area contributed by atoms with E-state index >= 15 is 0 Å². The number of hydrogen-bond donors (Lipinski definition) is 1. The summed E-state index contributed by atoms with van der Waals surface area (Å²) < 4.78 is 11.8. The Balaban J connectivity index is 1.64. The third-order valence-electron chi connectivity index (χ3n) is 3.52. The highest BCUT2D eigenvalue weighted by Crippen LogP contribution is 2.31. The van der Waals surface area contributed by atoms with Crippen LogP contribution in [0.25, 0.3) is 10.2 Å². The molecule has 3 aromatic rings. The summed E-state index contributed by atoms with van der Waals surface area (Å²) in [7, 11) is 1.60. The predicted octanol–water partition coefficient (Wildman–Crippen LogP) is 3.88. The van der Waals surface area contributed by atoms with Gasteiger partial charge in [-0.3, -0.25) is 10.1 Å². The highest BCUT2D eigenvalue weighted by atomic mass is 32.1. The molecule has 1 N–H and O–H groups in total. The molecular formula is C18H18N2O3S. The molecule has 124 valence electrons. The number of aromatic nitrogens is 1. The third-order valence-corrected chi connectivity index (χ3v) is 4.46. The smallest absolute Gasteiger partial charge is 0.264 e. The maximum absolute atomic E-state index is 12.1. The molecule has 1 heterocycles. The quantitative estimate of drug-likeness (QED) is 0.738. The highest BCUT2D eigenvalue weighted by Gasteiger charge is 2.11. The number of ether oxygens (including phenoxy) is 2. The number of fused-ring (bicyclic) bond motifs is 1. The van der Waals surface area contributed by atoms with Gasteiger partial charge in [0.1, 0.15) is 17.0 Å². The molecule has 0 aliphatic carbocycles. The molecule has 0 fully saturated rings. The number of benzene rings is 2. The third kappa shape index (κ3) is 3.65. The van der Waals surface area contributed by atoms with Gasteiger partial charge in [-0.15, -0.1) is 0 Å². The van der Waals surface area contributed by atoms with Crippen LogP contribution in [-0.2, 0) is 11.2 Å². The number of rotatable bonds is 6. The van der Waals surface area contributed by atoms with E-state index in [4.69, 9.17) is 9.47 Å². The molecule has 24 heavy (non-hydrogen) atoms. The van der Waals surface area contributed by atoms with Crippen LogP contribution in [-0.4, -0.2) is 24.6 Å². The average Bonchev–Trinajstić information content (AvgIpc) is 3.02. The van der Waals surface area contributed by atoms with E-state index in [1.165, 1.54) is 16.9 Å². The molecule has 2 aromatic carbocycles. The molecule has 6 heteroatoms. The summed E-state index contributed by atoms with van der Waals surface area (Å²) >= 11 is 1.40. The van der Waals surface area contributed by atoms with Crippen molar-refractivity contribution in [1.82, 2.24) is 4.98 Å². The molecule has 0 aliphatic heterocycles. The summed E-state index contributed by atoms with van der Waals surface area (Å²) in [6, 6.07) is 13.4. The molecule has 0 saturated carbocycles. The van der Waals surface area contributed by atoms with Crippen LogP contribution in [0.4, 0.5) is 5.13 Å². The van der Waals surface area contributed by atoms with Gasteiger partial charge in [-0.05, 0) is 36.2 Å². The number of thiazole rings is 1. The number of carbonyl (C=O) groups excluding carboxylic acids is 1. The summed E-state index contributed by atoms with van der Waals surface area (Å²) in [5.74, 6) is 1.14. The van der Waals surface area contributed by atoms with E-state index in [1.807, 2.05) is 42.5 Å². The molecule has 0 unspecified atom stereocenters. The fourth-order valence-electron chi connectivity index (χ4n) is 2.30. The lowest BCUT2D eigenvalue weighted by Gasteiger charge is -2.07. The van der Waals surface area contributed by atoms with Crippen LogP contribution in [0, 0.1) is 0 Å². The van der Waals surface area contributed by atoms with E-state index in [0.717, 1.165) is 16.6 Å². The number of para-hydroxylation sites is 1. The van der Waals surface area contributed by atoms with Crippen LogP contribution in [0.2, 0.25) is 0 Å². The van der Waals surface area contributed by atoms with Crippen LogP contribution < -0.4 is 14.8 Å². The van der Waals surface area contributed by atoms with E-state index < -0.39 is 0 Å². The zero-order chi connectivity index (χ0) is 16.9. The first-order chi connectivity index (χ1) is 11.7. The minimum atomic E-state index is -0.241. The second-order valence-electron chi connectivity index (χ2n) is 5.16. The van der Waals surface area contributed by atoms with Crippen LogP contribution in [0.3, 0.4) is 0 Å². The number of hydrogen-bond acceptors (Lipinski definition) is 5. The Morgan fingerprint density at radius 3 is 2.88 bits per heavy atom. The van der Waals surface area contributed by atoms with Crippen LogP contribution in [0.1, 0.15) is 12.5 Å². The van der Waals surface area contributed by atoms with E-state index in [1.54, 1.807) is 7.11 Å². The van der Waals surface area contributed by atoms with Crippen molar-refractivity contribution in [3.05, 3.63) is 48.0 Å². The number of methoxy groups -OCH3 is 1. The number of amides is 1. The minimum absolute atomic E-state index is 0.0553. The lowest BCUT2D eigenvalue weighted by atomic mass is 10.2. The molecule has 0 spiro atoms. The average molecular weight is 342 g/mol. The second kappa shape index (κ2) is 7.31. The first kappa shape index (κ1) is 16.3. The molecular weight excluding hydrogens is 324 g/mol. The Bertz CT molecular complexity index is 860. The van der Waals surface area contributed by atoms with Crippen molar-refractivity contribution >= 4 is 32.6 Å². The van der Waals surface area contributed by atoms with Gasteiger partial charge < -0.3 is 9.47 Å². The summed E-state index contributed by atoms with van der Waals surface area (Å²) in [6.45, 7) is 2.02. The van der Waals surface area contributed by atoms with Gasteiger partial charge in [0, 0.05) is 0 Å². The van der Waals surface area contributed by atoms with Crippen molar-refractivity contribution in [3.63, 3.8) is 0 Å². The van der Waals surface area contributed by atoms with Crippen molar-refractivity contribution in [2.45, 2.75) is 13.3 Å². The van der Waals surface area contributed by atoms with Gasteiger partial charge in [0.15, 0.2) is 11.7 Å². The Labute approximate surface area is 144 Å². The SMILES string of the molecule is CCc1cccc(OCC(=O)Nc2nc3c(OC)cccc3s2)c1. The fourth-order valence-corrected chi connectivity index (χ4v) is 3.20. The summed E-state index contributed by atoms with van der Waals surface area (Å²) in [5, 5.41) is 3.30. The largest absolute Gasteiger partial charge is 0.494 e. The van der Waals surface area contributed by atoms with Gasteiger partial charge in [-0.25, -0.2) is 4.98 Å². The Kier molecular flexibility index (Phi) is 4.96. The van der Waals surface area contributed by atoms with Crippen LogP contribution >= 0.6 is 11.3 Å². The Hall–Kier alpha value is -2.60. The van der Waals surface area contributed by atoms with Crippen molar-refractivity contribution in [1.29, 1.82) is 0 Å². The van der Waals surface area contributed by atoms with Gasteiger partial charge in [0.05, 0.1) is 11.8 Å². The lowest BCUT2D eigenvalue weighted by Crippen LogP contribution is -2.20. The van der Waals surface area contributed by atoms with Gasteiger partial charge in [0.2, 0.25) is 0 Å². The molecule has 0 saturated heterocycles. The van der Waals surface area contributed by atoms with Crippen LogP contribution in [0.5, 0.6) is 11.5 Å². The molecule has 0 bridgehead atoms. The summed E-state index contributed by atoms with van der Waals surface area (Å²) in [5.41, 5.74) is 1.92. The van der Waals surface area contributed by atoms with Crippen molar-refractivity contribution in [3.8, 4) is 11.5 Å². The van der Waals surface area contributed by atoms with Gasteiger partial charge in [-0.2, -0.15) is 0 Å². The molecule has 0 radical (unpaired) electrons. The number of nitrogens with one attached hydrogen (secondary N) is 1. The monoisotopic (exact) mass is 342 g/mol. The topological polar surface area (TPSA) is 60.5 Å². The molecule has 0 atom stereocenters. The number of nitrogens with zero attached hydrogens (tertiary/aromatic N) is 1. The first-order valence-electron chi connectivity index (χ1n) is 7.64. The molecule has 1 aromatic heterocycles. The van der Waals surface area contributed by atoms with Gasteiger partial charge in [-0.1, -0.05) is 36.5 Å². The van der Waals surface area contributed by atoms with Gasteiger partial charge in [0.25, 0.3) is 5.91 Å². The van der Waals surface area contributed by atoms with E-state index in [9.17, 15) is 4.79 Å². The van der Waals surface area contributed by atoms with E-state index in [0.29, 0.717) is 16.6 Å². The maximum atomic E-state index is 12.1. The van der Waals surface area contributed by atoms with Crippen molar-refractivity contribution in [2.75, 3.05) is 19.0 Å². The number of anilines is 1. The Morgan fingerprint density at radius 2 is 2.08 bits per heavy atom. The molecule has 3 rings (SSSR count). The lowest BCUT2D eigenvalue weighted by molar-refractivity contribution is -0.118. The van der Waals surface area contributed by atoms with Crippen molar-refractivity contribution < 1.29 is 14.3 Å². The predicted molar refractivity (Wildman–Crippen MR) is 96.1 cm³/mol. The summed E-state index contributed by atoms with van der Waals surface area (Å²) in [4.78, 5) is 16.5. The zero-order valence-corrected chi connectivity index (χ0v) is 14.4. The number of carbonyl (C=O) groups is 1. The molecule has 0 aliphatic rings. The maximum Gasteiger partial charge on any atom is 0.264 e. The zero-order valence-electron chi connectivity index (χ0n) is 13.5. The number of aryl methyl sites for hydroxylation is 1. The Morgan fingerprint density at radius 1 is 1.25 bits per heavy atom. The normalized spacial score (nSPS) is 10.6. The first-order valence-corrected chi connectivity index (χ1v) is 8.46. The minimum Gasteiger partial charge on any atom is -0.494 e. The van der Waals surface area contributed by atoms with Crippen molar-refractivity contribution in [2.24, 2.45) is 0 Å². The summed E-state index contributed by atoms with van der Waals surface area (Å²) in [6.07, 6.45) is 0.928. The fraction of sp³-hybridized carbons (Fsp3) is 0.222. The van der Waals surface area contributed by atoms with E-state index in [-0.39, 0.29) is 12.5 Å². The molecule has 5 nitrogen and oxygen atoms in total. The molecule has 1 amide bonds. The van der Waals surface area contributed by atoms with E-state index in [2.05, 4.69) is 17.2 Å². The highest BCUT2D eigenvalue weighted by molar-refractivity contribution is 7.22. The van der Waals surface area contributed by atoms with Crippen LogP contribution in [0.15, 0.2) is 42.5 Å².